The van der Waals surface area contributed by atoms with Gasteiger partial charge >= 0.3 is 0 Å². The van der Waals surface area contributed by atoms with Crippen molar-refractivity contribution >= 4 is 35.2 Å². The Morgan fingerprint density at radius 2 is 2.08 bits per heavy atom. The first-order valence-electron chi connectivity index (χ1n) is 8.93. The molecule has 1 aliphatic heterocycles. The molecule has 7 heteroatoms. The van der Waals surface area contributed by atoms with Crippen LogP contribution < -0.4 is 4.90 Å². The SMILES string of the molecule is CCn1c(-c2ccc(Cl)cc2)nn(C[NH+]2CCc3sccc3[C@@H]2C)c1=S. The summed E-state index contributed by atoms with van der Waals surface area (Å²) in [5.41, 5.74) is 2.53. The van der Waals surface area contributed by atoms with Crippen molar-refractivity contribution < 1.29 is 4.90 Å². The van der Waals surface area contributed by atoms with Gasteiger partial charge in [0.05, 0.1) is 6.54 Å². The van der Waals surface area contributed by atoms with Gasteiger partial charge in [-0.1, -0.05) is 11.6 Å². The number of fused-ring (bicyclic) bond motifs is 1. The van der Waals surface area contributed by atoms with E-state index in [0.717, 1.165) is 47.4 Å². The van der Waals surface area contributed by atoms with Gasteiger partial charge in [0.1, 0.15) is 6.04 Å². The van der Waals surface area contributed by atoms with Crippen LogP contribution in [-0.4, -0.2) is 20.9 Å². The molecule has 0 saturated carbocycles. The summed E-state index contributed by atoms with van der Waals surface area (Å²) in [6.45, 7) is 7.13. The second kappa shape index (κ2) is 7.27. The fourth-order valence-corrected chi connectivity index (χ4v) is 5.13. The Balaban J connectivity index is 1.66. The van der Waals surface area contributed by atoms with Crippen molar-refractivity contribution in [2.75, 3.05) is 6.54 Å². The standard InChI is InChI=1S/C19H21ClN4S2/c1-3-23-18(14-4-6-15(20)7-5-14)21-24(19(23)25)12-22-10-8-17-16(13(22)2)9-11-26-17/h4-7,9,11,13H,3,8,10,12H2,1-2H3/p+1/t13-/m0/s1. The number of hydrogen-bond donors (Lipinski definition) is 1. The monoisotopic (exact) mass is 405 g/mol. The second-order valence-electron chi connectivity index (χ2n) is 6.69. The molecule has 0 spiro atoms. The molecular weight excluding hydrogens is 384 g/mol. The summed E-state index contributed by atoms with van der Waals surface area (Å²) in [5, 5.41) is 7.80. The summed E-state index contributed by atoms with van der Waals surface area (Å²) in [5.74, 6) is 0.912. The van der Waals surface area contributed by atoms with E-state index < -0.39 is 0 Å². The largest absolute Gasteiger partial charge is 0.310 e. The van der Waals surface area contributed by atoms with Gasteiger partial charge in [0, 0.05) is 34.0 Å². The Morgan fingerprint density at radius 3 is 2.81 bits per heavy atom. The average Bonchev–Trinajstić information content (AvgIpc) is 3.23. The molecule has 1 aliphatic rings. The van der Waals surface area contributed by atoms with Crippen LogP contribution in [0.1, 0.15) is 30.3 Å². The normalized spacial score (nSPS) is 19.5. The molecule has 0 aliphatic carbocycles. The summed E-state index contributed by atoms with van der Waals surface area (Å²) < 4.78 is 4.88. The molecule has 2 atom stereocenters. The molecule has 0 amide bonds. The number of halogens is 1. The minimum absolute atomic E-state index is 0.470. The van der Waals surface area contributed by atoms with Gasteiger partial charge in [-0.3, -0.25) is 0 Å². The molecule has 0 bridgehead atoms. The van der Waals surface area contributed by atoms with E-state index >= 15 is 0 Å². The van der Waals surface area contributed by atoms with Crippen molar-refractivity contribution in [1.82, 2.24) is 14.3 Å². The average molecular weight is 406 g/mol. The lowest BCUT2D eigenvalue weighted by molar-refractivity contribution is -0.954. The molecule has 3 heterocycles. The second-order valence-corrected chi connectivity index (χ2v) is 8.50. The lowest BCUT2D eigenvalue weighted by Crippen LogP contribution is -3.12. The molecule has 2 aromatic heterocycles. The van der Waals surface area contributed by atoms with E-state index in [-0.39, 0.29) is 0 Å². The smallest absolute Gasteiger partial charge is 0.203 e. The van der Waals surface area contributed by atoms with Crippen LogP contribution in [0.2, 0.25) is 5.02 Å². The van der Waals surface area contributed by atoms with E-state index in [1.807, 2.05) is 40.3 Å². The lowest BCUT2D eigenvalue weighted by Gasteiger charge is -2.30. The zero-order valence-corrected chi connectivity index (χ0v) is 17.3. The van der Waals surface area contributed by atoms with Crippen molar-refractivity contribution in [3.8, 4) is 11.4 Å². The summed E-state index contributed by atoms with van der Waals surface area (Å²) >= 11 is 13.6. The van der Waals surface area contributed by atoms with Gasteiger partial charge in [0.25, 0.3) is 0 Å². The van der Waals surface area contributed by atoms with Crippen LogP contribution in [-0.2, 0) is 19.6 Å². The fourth-order valence-electron chi connectivity index (χ4n) is 3.70. The van der Waals surface area contributed by atoms with Gasteiger partial charge in [0.2, 0.25) is 4.77 Å². The maximum Gasteiger partial charge on any atom is 0.203 e. The van der Waals surface area contributed by atoms with Gasteiger partial charge < -0.3 is 9.47 Å². The highest BCUT2D eigenvalue weighted by Gasteiger charge is 2.29. The van der Waals surface area contributed by atoms with E-state index in [1.165, 1.54) is 15.3 Å². The third kappa shape index (κ3) is 3.16. The van der Waals surface area contributed by atoms with E-state index in [0.29, 0.717) is 6.04 Å². The molecule has 4 rings (SSSR count). The molecule has 1 unspecified atom stereocenters. The molecule has 1 N–H and O–H groups in total. The van der Waals surface area contributed by atoms with Crippen molar-refractivity contribution in [2.24, 2.45) is 0 Å². The van der Waals surface area contributed by atoms with Gasteiger partial charge in [-0.2, -0.15) is 4.68 Å². The molecule has 0 saturated heterocycles. The Hall–Kier alpha value is -1.47. The van der Waals surface area contributed by atoms with Crippen LogP contribution >= 0.6 is 35.2 Å². The highest BCUT2D eigenvalue weighted by atomic mass is 35.5. The maximum absolute atomic E-state index is 6.03. The van der Waals surface area contributed by atoms with Crippen molar-refractivity contribution in [3.63, 3.8) is 0 Å². The predicted molar refractivity (Wildman–Crippen MR) is 109 cm³/mol. The van der Waals surface area contributed by atoms with Crippen molar-refractivity contribution in [2.45, 2.75) is 39.5 Å². The number of benzene rings is 1. The van der Waals surface area contributed by atoms with E-state index in [4.69, 9.17) is 28.9 Å². The number of hydrogen-bond acceptors (Lipinski definition) is 3. The van der Waals surface area contributed by atoms with Gasteiger partial charge in [-0.05, 0) is 61.8 Å². The van der Waals surface area contributed by atoms with Crippen LogP contribution in [0.4, 0.5) is 0 Å². The third-order valence-corrected chi connectivity index (χ3v) is 6.91. The number of nitrogens with one attached hydrogen (secondary N) is 1. The molecular formula is C19H22ClN4S2+. The van der Waals surface area contributed by atoms with Gasteiger partial charge in [-0.15, -0.1) is 16.4 Å². The molecule has 0 radical (unpaired) electrons. The van der Waals surface area contributed by atoms with Crippen LogP contribution in [0, 0.1) is 4.77 Å². The van der Waals surface area contributed by atoms with Crippen LogP contribution in [0.15, 0.2) is 35.7 Å². The van der Waals surface area contributed by atoms with Crippen molar-refractivity contribution in [1.29, 1.82) is 0 Å². The zero-order valence-electron chi connectivity index (χ0n) is 14.9. The number of quaternary nitrogens is 1. The first-order valence-corrected chi connectivity index (χ1v) is 10.6. The molecule has 4 nitrogen and oxygen atoms in total. The topological polar surface area (TPSA) is 27.2 Å². The number of aromatic nitrogens is 3. The van der Waals surface area contributed by atoms with Crippen LogP contribution in [0.5, 0.6) is 0 Å². The summed E-state index contributed by atoms with van der Waals surface area (Å²) in [6.07, 6.45) is 1.14. The zero-order chi connectivity index (χ0) is 18.3. The molecule has 136 valence electrons. The lowest BCUT2D eigenvalue weighted by atomic mass is 10.0. The quantitative estimate of drug-likeness (QED) is 0.665. The first kappa shape index (κ1) is 17.9. The number of nitrogens with zero attached hydrogens (tertiary/aromatic N) is 3. The number of rotatable bonds is 4. The molecule has 3 aromatic rings. The summed E-state index contributed by atoms with van der Waals surface area (Å²) in [7, 11) is 0. The molecule has 1 aromatic carbocycles. The fraction of sp³-hybridized carbons (Fsp3) is 0.368. The highest BCUT2D eigenvalue weighted by Crippen LogP contribution is 2.25. The van der Waals surface area contributed by atoms with E-state index in [1.54, 1.807) is 0 Å². The van der Waals surface area contributed by atoms with Gasteiger partial charge in [0.15, 0.2) is 12.5 Å². The first-order chi connectivity index (χ1) is 12.6. The Kier molecular flexibility index (Phi) is 5.01. The minimum atomic E-state index is 0.470. The Bertz CT molecular complexity index is 970. The highest BCUT2D eigenvalue weighted by molar-refractivity contribution is 7.71. The van der Waals surface area contributed by atoms with Crippen LogP contribution in [0.25, 0.3) is 11.4 Å². The minimum Gasteiger partial charge on any atom is -0.310 e. The maximum atomic E-state index is 6.03. The molecule has 0 fully saturated rings. The molecule has 26 heavy (non-hydrogen) atoms. The van der Waals surface area contributed by atoms with Crippen LogP contribution in [0.3, 0.4) is 0 Å². The Labute approximate surface area is 167 Å². The van der Waals surface area contributed by atoms with E-state index in [9.17, 15) is 0 Å². The summed E-state index contributed by atoms with van der Waals surface area (Å²) in [4.78, 5) is 3.04. The number of thiophene rings is 1. The predicted octanol–water partition coefficient (Wildman–Crippen LogP) is 3.98. The van der Waals surface area contributed by atoms with Crippen molar-refractivity contribution in [3.05, 3.63) is 55.9 Å². The summed E-state index contributed by atoms with van der Waals surface area (Å²) in [6, 6.07) is 10.5. The van der Waals surface area contributed by atoms with Gasteiger partial charge in [-0.25, -0.2) is 0 Å². The van der Waals surface area contributed by atoms with E-state index in [2.05, 4.69) is 29.9 Å². The third-order valence-electron chi connectivity index (χ3n) is 5.23. The Morgan fingerprint density at radius 1 is 1.31 bits per heavy atom.